The molecule has 1 aromatic rings. The number of likely N-dealkylation sites (tertiary alicyclic amines) is 1. The highest BCUT2D eigenvalue weighted by molar-refractivity contribution is 5.87. The van der Waals surface area contributed by atoms with Gasteiger partial charge in [0.05, 0.1) is 11.7 Å². The second-order valence-electron chi connectivity index (χ2n) is 5.18. The smallest absolute Gasteiger partial charge is 0.335 e. The number of aromatic carboxylic acids is 1. The molecule has 0 saturated carbocycles. The van der Waals surface area contributed by atoms with Gasteiger partial charge in [0.25, 0.3) is 0 Å². The van der Waals surface area contributed by atoms with Gasteiger partial charge < -0.3 is 14.6 Å². The average molecular weight is 293 g/mol. The van der Waals surface area contributed by atoms with Crippen molar-refractivity contribution in [2.45, 2.75) is 25.9 Å². The van der Waals surface area contributed by atoms with Gasteiger partial charge in [-0.05, 0) is 38.0 Å². The summed E-state index contributed by atoms with van der Waals surface area (Å²) < 4.78 is 11.3. The zero-order chi connectivity index (χ0) is 15.1. The first-order valence-electron chi connectivity index (χ1n) is 7.49. The van der Waals surface area contributed by atoms with Crippen LogP contribution in [-0.4, -0.2) is 54.9 Å². The maximum absolute atomic E-state index is 10.9. The first-order chi connectivity index (χ1) is 10.2. The molecule has 0 aromatic heterocycles. The van der Waals surface area contributed by atoms with E-state index in [0.29, 0.717) is 18.5 Å². The van der Waals surface area contributed by atoms with Crippen molar-refractivity contribution in [1.29, 1.82) is 0 Å². The molecule has 0 aliphatic carbocycles. The molecule has 1 saturated heterocycles. The van der Waals surface area contributed by atoms with Gasteiger partial charge in [0.1, 0.15) is 12.4 Å². The zero-order valence-corrected chi connectivity index (χ0v) is 12.5. The van der Waals surface area contributed by atoms with Crippen LogP contribution in [0, 0.1) is 0 Å². The predicted molar refractivity (Wildman–Crippen MR) is 80.0 cm³/mol. The lowest BCUT2D eigenvalue weighted by molar-refractivity contribution is 0.0119. The van der Waals surface area contributed by atoms with E-state index in [4.69, 9.17) is 14.6 Å². The van der Waals surface area contributed by atoms with Crippen LogP contribution in [-0.2, 0) is 4.74 Å². The molecule has 1 fully saturated rings. The van der Waals surface area contributed by atoms with E-state index in [1.165, 1.54) is 0 Å². The van der Waals surface area contributed by atoms with E-state index in [0.717, 1.165) is 39.1 Å². The van der Waals surface area contributed by atoms with Crippen molar-refractivity contribution in [3.05, 3.63) is 29.8 Å². The Balaban J connectivity index is 1.70. The fourth-order valence-electron chi connectivity index (χ4n) is 2.55. The van der Waals surface area contributed by atoms with Gasteiger partial charge in [0.2, 0.25) is 0 Å². The number of benzene rings is 1. The number of piperidine rings is 1. The number of rotatable bonds is 7. The maximum Gasteiger partial charge on any atom is 0.335 e. The van der Waals surface area contributed by atoms with E-state index in [-0.39, 0.29) is 5.56 Å². The Morgan fingerprint density at radius 3 is 2.81 bits per heavy atom. The molecule has 1 aromatic carbocycles. The Morgan fingerprint density at radius 2 is 2.14 bits per heavy atom. The van der Waals surface area contributed by atoms with Gasteiger partial charge in [-0.25, -0.2) is 4.79 Å². The monoisotopic (exact) mass is 293 g/mol. The van der Waals surface area contributed by atoms with Crippen molar-refractivity contribution in [2.24, 2.45) is 0 Å². The van der Waals surface area contributed by atoms with Gasteiger partial charge in [-0.1, -0.05) is 6.07 Å². The SMILES string of the molecule is CCOC1CCN(CCOc2cccc(C(=O)O)c2)CC1. The molecule has 5 nitrogen and oxygen atoms in total. The number of carboxylic acids is 1. The summed E-state index contributed by atoms with van der Waals surface area (Å²) in [6, 6.07) is 6.61. The Morgan fingerprint density at radius 1 is 1.38 bits per heavy atom. The summed E-state index contributed by atoms with van der Waals surface area (Å²) >= 11 is 0. The Labute approximate surface area is 125 Å². The third-order valence-corrected chi connectivity index (χ3v) is 3.69. The number of carboxylic acid groups (broad SMARTS) is 1. The van der Waals surface area contributed by atoms with Crippen LogP contribution in [0.2, 0.25) is 0 Å². The molecule has 21 heavy (non-hydrogen) atoms. The summed E-state index contributed by atoms with van der Waals surface area (Å²) in [5.74, 6) is -0.322. The first-order valence-corrected chi connectivity index (χ1v) is 7.49. The van der Waals surface area contributed by atoms with Crippen molar-refractivity contribution < 1.29 is 19.4 Å². The minimum atomic E-state index is -0.932. The van der Waals surface area contributed by atoms with Crippen molar-refractivity contribution in [1.82, 2.24) is 4.90 Å². The zero-order valence-electron chi connectivity index (χ0n) is 12.5. The van der Waals surface area contributed by atoms with Crippen molar-refractivity contribution in [2.75, 3.05) is 32.8 Å². The molecule has 0 spiro atoms. The lowest BCUT2D eigenvalue weighted by Gasteiger charge is -2.31. The van der Waals surface area contributed by atoms with Gasteiger partial charge in [0, 0.05) is 26.2 Å². The number of hydrogen-bond acceptors (Lipinski definition) is 4. The summed E-state index contributed by atoms with van der Waals surface area (Å²) in [5.41, 5.74) is 0.255. The fourth-order valence-corrected chi connectivity index (χ4v) is 2.55. The third-order valence-electron chi connectivity index (χ3n) is 3.69. The Bertz CT molecular complexity index is 455. The third kappa shape index (κ3) is 5.02. The van der Waals surface area contributed by atoms with E-state index in [1.54, 1.807) is 24.3 Å². The molecule has 0 bridgehead atoms. The van der Waals surface area contributed by atoms with Crippen LogP contribution in [0.5, 0.6) is 5.75 Å². The Kier molecular flexibility index (Phi) is 6.02. The van der Waals surface area contributed by atoms with Gasteiger partial charge in [-0.3, -0.25) is 4.90 Å². The Hall–Kier alpha value is -1.59. The van der Waals surface area contributed by atoms with E-state index in [2.05, 4.69) is 4.90 Å². The van der Waals surface area contributed by atoms with Crippen LogP contribution in [0.4, 0.5) is 0 Å². The molecule has 2 rings (SSSR count). The molecule has 0 atom stereocenters. The summed E-state index contributed by atoms with van der Waals surface area (Å²) in [7, 11) is 0. The van der Waals surface area contributed by atoms with E-state index >= 15 is 0 Å². The highest BCUT2D eigenvalue weighted by atomic mass is 16.5. The molecule has 5 heteroatoms. The molecule has 1 aliphatic heterocycles. The van der Waals surface area contributed by atoms with E-state index in [1.807, 2.05) is 6.92 Å². The molecular formula is C16H23NO4. The molecule has 1 N–H and O–H groups in total. The molecule has 116 valence electrons. The summed E-state index contributed by atoms with van der Waals surface area (Å²) in [6.07, 6.45) is 2.55. The highest BCUT2D eigenvalue weighted by Gasteiger charge is 2.18. The number of ether oxygens (including phenoxy) is 2. The van der Waals surface area contributed by atoms with Crippen molar-refractivity contribution in [3.63, 3.8) is 0 Å². The number of carbonyl (C=O) groups is 1. The molecule has 1 heterocycles. The maximum atomic E-state index is 10.9. The molecule has 0 unspecified atom stereocenters. The molecular weight excluding hydrogens is 270 g/mol. The standard InChI is InChI=1S/C16H23NO4/c1-2-20-14-6-8-17(9-7-14)10-11-21-15-5-3-4-13(12-15)16(18)19/h3-5,12,14H,2,6-11H2,1H3,(H,18,19). The van der Waals surface area contributed by atoms with Crippen LogP contribution in [0.25, 0.3) is 0 Å². The predicted octanol–water partition coefficient (Wildman–Crippen LogP) is 2.26. The van der Waals surface area contributed by atoms with Crippen molar-refractivity contribution in [3.8, 4) is 5.75 Å². The van der Waals surface area contributed by atoms with Crippen LogP contribution >= 0.6 is 0 Å². The second-order valence-corrected chi connectivity index (χ2v) is 5.18. The summed E-state index contributed by atoms with van der Waals surface area (Å²) in [6.45, 7) is 6.31. The minimum absolute atomic E-state index is 0.255. The van der Waals surface area contributed by atoms with Gasteiger partial charge >= 0.3 is 5.97 Å². The minimum Gasteiger partial charge on any atom is -0.492 e. The van der Waals surface area contributed by atoms with Gasteiger partial charge in [-0.15, -0.1) is 0 Å². The van der Waals surface area contributed by atoms with Crippen LogP contribution in [0.15, 0.2) is 24.3 Å². The molecule has 0 radical (unpaired) electrons. The van der Waals surface area contributed by atoms with Crippen LogP contribution in [0.1, 0.15) is 30.1 Å². The lowest BCUT2D eigenvalue weighted by Crippen LogP contribution is -2.39. The second kappa shape index (κ2) is 8.00. The van der Waals surface area contributed by atoms with Gasteiger partial charge in [0.15, 0.2) is 0 Å². The van der Waals surface area contributed by atoms with Crippen molar-refractivity contribution >= 4 is 5.97 Å². The lowest BCUT2D eigenvalue weighted by atomic mass is 10.1. The van der Waals surface area contributed by atoms with Crippen LogP contribution in [0.3, 0.4) is 0 Å². The van der Waals surface area contributed by atoms with E-state index < -0.39 is 5.97 Å². The largest absolute Gasteiger partial charge is 0.492 e. The number of nitrogens with zero attached hydrogens (tertiary/aromatic N) is 1. The number of hydrogen-bond donors (Lipinski definition) is 1. The quantitative estimate of drug-likeness (QED) is 0.835. The highest BCUT2D eigenvalue weighted by Crippen LogP contribution is 2.15. The normalized spacial score (nSPS) is 16.8. The van der Waals surface area contributed by atoms with E-state index in [9.17, 15) is 4.79 Å². The first kappa shape index (κ1) is 15.8. The topological polar surface area (TPSA) is 59.0 Å². The van der Waals surface area contributed by atoms with Crippen LogP contribution < -0.4 is 4.74 Å². The molecule has 1 aliphatic rings. The van der Waals surface area contributed by atoms with Gasteiger partial charge in [-0.2, -0.15) is 0 Å². The average Bonchev–Trinajstić information content (AvgIpc) is 2.50. The fraction of sp³-hybridized carbons (Fsp3) is 0.562. The summed E-state index contributed by atoms with van der Waals surface area (Å²) in [5, 5.41) is 8.93. The molecule has 0 amide bonds. The summed E-state index contributed by atoms with van der Waals surface area (Å²) in [4.78, 5) is 13.2.